The number of hydrogen-bond donors (Lipinski definition) is 1. The molecule has 3 aromatic heterocycles. The molecule has 1 saturated carbocycles. The lowest BCUT2D eigenvalue weighted by Gasteiger charge is -2.23. The molecule has 0 radical (unpaired) electrons. The summed E-state index contributed by atoms with van der Waals surface area (Å²) in [6.07, 6.45) is 9.16. The number of nitrogens with zero attached hydrogens (tertiary/aromatic N) is 4. The third kappa shape index (κ3) is 4.25. The van der Waals surface area contributed by atoms with Gasteiger partial charge in [-0.1, -0.05) is 48.6 Å². The maximum Gasteiger partial charge on any atom is 0.269 e. The molecule has 0 bridgehead atoms. The van der Waals surface area contributed by atoms with E-state index in [1.165, 1.54) is 18.8 Å². The first-order valence-corrected chi connectivity index (χ1v) is 12.9. The monoisotopic (exact) mass is 499 g/mol. The summed E-state index contributed by atoms with van der Waals surface area (Å²) in [7, 11) is -3.96. The molecule has 3 heterocycles. The Kier molecular flexibility index (Phi) is 5.99. The third-order valence-corrected chi connectivity index (χ3v) is 7.96. The van der Waals surface area contributed by atoms with Crippen LogP contribution in [0.2, 0.25) is 5.02 Å². The molecule has 176 valence electrons. The number of nitrogens with one attached hydrogen (secondary N) is 1. The van der Waals surface area contributed by atoms with E-state index >= 15 is 0 Å². The number of pyridine rings is 1. The van der Waals surface area contributed by atoms with Crippen molar-refractivity contribution in [3.63, 3.8) is 0 Å². The second kappa shape index (κ2) is 8.96. The average molecular weight is 500 g/mol. The number of aryl methyl sites for hydroxylation is 1. The summed E-state index contributed by atoms with van der Waals surface area (Å²) in [4.78, 5) is 13.0. The van der Waals surface area contributed by atoms with Crippen molar-refractivity contribution in [1.82, 2.24) is 18.9 Å². The molecule has 10 heteroatoms. The quantitative estimate of drug-likeness (QED) is 0.386. The highest BCUT2D eigenvalue weighted by Crippen LogP contribution is 2.33. The minimum atomic E-state index is -3.96. The zero-order valence-electron chi connectivity index (χ0n) is 18.5. The number of rotatable bonds is 5. The Balaban J connectivity index is 1.63. The second-order valence-corrected chi connectivity index (χ2v) is 10.8. The van der Waals surface area contributed by atoms with Crippen LogP contribution in [0.4, 0.5) is 10.2 Å². The first kappa shape index (κ1) is 22.7. The predicted octanol–water partition coefficient (Wildman–Crippen LogP) is 5.58. The highest BCUT2D eigenvalue weighted by atomic mass is 35.5. The Hall–Kier alpha value is -3.04. The van der Waals surface area contributed by atoms with Gasteiger partial charge in [0.05, 0.1) is 16.1 Å². The lowest BCUT2D eigenvalue weighted by atomic mass is 9.95. The van der Waals surface area contributed by atoms with E-state index in [1.54, 1.807) is 30.3 Å². The SMILES string of the molecule is Cc1ccc(S(=O)(=O)n2cc(-c3ncc(F)c(NC4CCCCC4)n3)c3cc(Cl)cnc32)cc1. The van der Waals surface area contributed by atoms with Gasteiger partial charge in [0.2, 0.25) is 0 Å². The van der Waals surface area contributed by atoms with Crippen molar-refractivity contribution in [3.8, 4) is 11.4 Å². The summed E-state index contributed by atoms with van der Waals surface area (Å²) in [5.41, 5.74) is 1.53. The van der Waals surface area contributed by atoms with E-state index in [1.807, 2.05) is 6.92 Å². The molecule has 1 N–H and O–H groups in total. The average Bonchev–Trinajstić information content (AvgIpc) is 3.21. The fourth-order valence-corrected chi connectivity index (χ4v) is 5.76. The zero-order valence-corrected chi connectivity index (χ0v) is 20.1. The minimum Gasteiger partial charge on any atom is -0.365 e. The number of anilines is 1. The van der Waals surface area contributed by atoms with E-state index in [4.69, 9.17) is 11.6 Å². The van der Waals surface area contributed by atoms with E-state index in [-0.39, 0.29) is 28.2 Å². The molecule has 7 nitrogen and oxygen atoms in total. The Morgan fingerprint density at radius 3 is 2.56 bits per heavy atom. The van der Waals surface area contributed by atoms with Crippen molar-refractivity contribution in [1.29, 1.82) is 0 Å². The molecule has 0 spiro atoms. The summed E-state index contributed by atoms with van der Waals surface area (Å²) < 4.78 is 42.5. The van der Waals surface area contributed by atoms with Gasteiger partial charge in [-0.05, 0) is 38.0 Å². The molecule has 1 fully saturated rings. The smallest absolute Gasteiger partial charge is 0.269 e. The first-order valence-electron chi connectivity index (χ1n) is 11.1. The van der Waals surface area contributed by atoms with Gasteiger partial charge >= 0.3 is 0 Å². The molecule has 34 heavy (non-hydrogen) atoms. The molecule has 5 rings (SSSR count). The van der Waals surface area contributed by atoms with Crippen LogP contribution < -0.4 is 5.32 Å². The van der Waals surface area contributed by atoms with E-state index in [2.05, 4.69) is 20.3 Å². The van der Waals surface area contributed by atoms with Gasteiger partial charge in [0.15, 0.2) is 23.1 Å². The Morgan fingerprint density at radius 2 is 1.82 bits per heavy atom. The number of aromatic nitrogens is 4. The summed E-state index contributed by atoms with van der Waals surface area (Å²) in [5, 5.41) is 3.99. The summed E-state index contributed by atoms with van der Waals surface area (Å²) in [6, 6.07) is 8.32. The van der Waals surface area contributed by atoms with Gasteiger partial charge in [-0.15, -0.1) is 0 Å². The van der Waals surface area contributed by atoms with E-state index in [0.29, 0.717) is 16.0 Å². The highest BCUT2D eigenvalue weighted by Gasteiger charge is 2.25. The lowest BCUT2D eigenvalue weighted by molar-refractivity contribution is 0.459. The molecule has 0 atom stereocenters. The number of hydrogen-bond acceptors (Lipinski definition) is 6. The van der Waals surface area contributed by atoms with Gasteiger partial charge in [0.25, 0.3) is 10.0 Å². The van der Waals surface area contributed by atoms with E-state index in [0.717, 1.165) is 41.4 Å². The zero-order chi connectivity index (χ0) is 23.9. The fraction of sp³-hybridized carbons (Fsp3) is 0.292. The molecular formula is C24H23ClFN5O2S. The van der Waals surface area contributed by atoms with Crippen molar-refractivity contribution in [2.24, 2.45) is 0 Å². The number of fused-ring (bicyclic) bond motifs is 1. The van der Waals surface area contributed by atoms with Crippen molar-refractivity contribution < 1.29 is 12.8 Å². The fourth-order valence-electron chi connectivity index (χ4n) is 4.28. The van der Waals surface area contributed by atoms with Gasteiger partial charge in [0, 0.05) is 29.4 Å². The first-order chi connectivity index (χ1) is 16.3. The molecule has 0 amide bonds. The largest absolute Gasteiger partial charge is 0.365 e. The Bertz CT molecular complexity index is 1470. The third-order valence-electron chi connectivity index (χ3n) is 6.09. The summed E-state index contributed by atoms with van der Waals surface area (Å²) in [5.74, 6) is -0.262. The molecule has 4 aromatic rings. The van der Waals surface area contributed by atoms with Crippen LogP contribution >= 0.6 is 11.6 Å². The van der Waals surface area contributed by atoms with Gasteiger partial charge in [-0.25, -0.2) is 31.7 Å². The molecule has 1 aliphatic carbocycles. The molecule has 1 aliphatic rings. The van der Waals surface area contributed by atoms with Crippen LogP contribution in [0.3, 0.4) is 0 Å². The molecule has 1 aromatic carbocycles. The maximum absolute atomic E-state index is 14.5. The van der Waals surface area contributed by atoms with Crippen LogP contribution in [0.15, 0.2) is 53.8 Å². The van der Waals surface area contributed by atoms with Crippen LogP contribution in [0.25, 0.3) is 22.4 Å². The second-order valence-electron chi connectivity index (χ2n) is 8.55. The van der Waals surface area contributed by atoms with Gasteiger partial charge < -0.3 is 5.32 Å². The van der Waals surface area contributed by atoms with Crippen molar-refractivity contribution in [3.05, 3.63) is 65.3 Å². The van der Waals surface area contributed by atoms with Gasteiger partial charge in [-0.2, -0.15) is 0 Å². The number of benzene rings is 1. The van der Waals surface area contributed by atoms with Crippen LogP contribution in [-0.2, 0) is 10.0 Å². The topological polar surface area (TPSA) is 89.8 Å². The lowest BCUT2D eigenvalue weighted by Crippen LogP contribution is -2.23. The van der Waals surface area contributed by atoms with Crippen molar-refractivity contribution in [2.75, 3.05) is 5.32 Å². The van der Waals surface area contributed by atoms with E-state index < -0.39 is 15.8 Å². The van der Waals surface area contributed by atoms with Crippen molar-refractivity contribution >= 4 is 38.5 Å². The highest BCUT2D eigenvalue weighted by molar-refractivity contribution is 7.90. The normalized spacial score (nSPS) is 15.0. The predicted molar refractivity (Wildman–Crippen MR) is 130 cm³/mol. The van der Waals surface area contributed by atoms with Crippen LogP contribution in [0, 0.1) is 12.7 Å². The minimum absolute atomic E-state index is 0.106. The van der Waals surface area contributed by atoms with Crippen LogP contribution in [0.1, 0.15) is 37.7 Å². The molecule has 0 aliphatic heterocycles. The van der Waals surface area contributed by atoms with Crippen LogP contribution in [-0.4, -0.2) is 33.4 Å². The van der Waals surface area contributed by atoms with E-state index in [9.17, 15) is 12.8 Å². The summed E-state index contributed by atoms with van der Waals surface area (Å²) in [6.45, 7) is 1.88. The molecule has 0 unspecified atom stereocenters. The summed E-state index contributed by atoms with van der Waals surface area (Å²) >= 11 is 6.19. The Labute approximate surface area is 202 Å². The Morgan fingerprint density at radius 1 is 1.09 bits per heavy atom. The molecule has 0 saturated heterocycles. The number of halogens is 2. The van der Waals surface area contributed by atoms with Gasteiger partial charge in [0.1, 0.15) is 0 Å². The molecular weight excluding hydrogens is 477 g/mol. The van der Waals surface area contributed by atoms with Gasteiger partial charge in [-0.3, -0.25) is 0 Å². The van der Waals surface area contributed by atoms with Crippen molar-refractivity contribution in [2.45, 2.75) is 50.0 Å². The standard InChI is InChI=1S/C24H23ClFN5O2S/c1-15-7-9-18(10-8-15)34(32,33)31-14-20(19-11-16(25)12-28-24(19)31)22-27-13-21(26)23(30-22)29-17-5-3-2-4-6-17/h7-14,17H,2-6H2,1H3,(H,27,29,30). The maximum atomic E-state index is 14.5. The van der Waals surface area contributed by atoms with Crippen LogP contribution in [0.5, 0.6) is 0 Å².